The molecule has 0 radical (unpaired) electrons. The first-order valence-corrected chi connectivity index (χ1v) is 7.29. The summed E-state index contributed by atoms with van der Waals surface area (Å²) in [6.07, 6.45) is 0.695. The van der Waals surface area contributed by atoms with Crippen molar-refractivity contribution in [2.24, 2.45) is 0 Å². The summed E-state index contributed by atoms with van der Waals surface area (Å²) in [5, 5.41) is 13.5. The van der Waals surface area contributed by atoms with Crippen molar-refractivity contribution >= 4 is 34.8 Å². The number of benzene rings is 1. The highest BCUT2D eigenvalue weighted by Crippen LogP contribution is 2.33. The highest BCUT2D eigenvalue weighted by atomic mass is 35.5. The van der Waals surface area contributed by atoms with Gasteiger partial charge in [-0.1, -0.05) is 36.2 Å². The number of hydrogen-bond acceptors (Lipinski definition) is 3. The maximum atomic E-state index is 12.0. The Morgan fingerprint density at radius 1 is 1.45 bits per heavy atom. The number of anilines is 1. The third kappa shape index (κ3) is 3.26. The zero-order valence-electron chi connectivity index (χ0n) is 11.5. The van der Waals surface area contributed by atoms with Gasteiger partial charge in [0.1, 0.15) is 0 Å². The molecule has 0 aliphatic carbocycles. The van der Waals surface area contributed by atoms with Crippen LogP contribution in [0.2, 0.25) is 10.0 Å². The van der Waals surface area contributed by atoms with Crippen LogP contribution in [0.4, 0.5) is 5.69 Å². The zero-order chi connectivity index (χ0) is 14.9. The number of nitrogens with one attached hydrogen (secondary N) is 1. The van der Waals surface area contributed by atoms with Gasteiger partial charge in [0.15, 0.2) is 0 Å². The van der Waals surface area contributed by atoms with Crippen LogP contribution in [-0.4, -0.2) is 41.1 Å². The van der Waals surface area contributed by atoms with E-state index in [1.54, 1.807) is 12.1 Å². The van der Waals surface area contributed by atoms with Gasteiger partial charge in [-0.15, -0.1) is 0 Å². The summed E-state index contributed by atoms with van der Waals surface area (Å²) in [6.45, 7) is 5.05. The molecule has 0 saturated carbocycles. The second-order valence-electron chi connectivity index (χ2n) is 5.32. The van der Waals surface area contributed by atoms with E-state index in [1.807, 2.05) is 18.7 Å². The lowest BCUT2D eigenvalue weighted by Gasteiger charge is -2.45. The number of hydrogen-bond donors (Lipinski definition) is 2. The summed E-state index contributed by atoms with van der Waals surface area (Å²) in [5.41, 5.74) is 0.666. The molecule has 20 heavy (non-hydrogen) atoms. The van der Waals surface area contributed by atoms with Crippen molar-refractivity contribution in [1.82, 2.24) is 4.90 Å². The second-order valence-corrected chi connectivity index (χ2v) is 6.11. The van der Waals surface area contributed by atoms with Crippen molar-refractivity contribution in [3.63, 3.8) is 0 Å². The van der Waals surface area contributed by atoms with E-state index in [1.165, 1.54) is 0 Å². The van der Waals surface area contributed by atoms with Gasteiger partial charge in [0.25, 0.3) is 0 Å². The van der Waals surface area contributed by atoms with E-state index in [9.17, 15) is 9.90 Å². The minimum Gasteiger partial charge on any atom is -0.387 e. The molecule has 2 rings (SSSR count). The fraction of sp³-hybridized carbons (Fsp3) is 0.500. The van der Waals surface area contributed by atoms with Gasteiger partial charge < -0.3 is 10.4 Å². The Kier molecular flexibility index (Phi) is 4.59. The Bertz CT molecular complexity index is 528. The topological polar surface area (TPSA) is 52.6 Å². The minimum atomic E-state index is -0.640. The first-order valence-electron chi connectivity index (χ1n) is 6.54. The van der Waals surface area contributed by atoms with E-state index < -0.39 is 5.60 Å². The third-order valence-corrected chi connectivity index (χ3v) is 4.41. The largest absolute Gasteiger partial charge is 0.387 e. The van der Waals surface area contributed by atoms with Crippen LogP contribution >= 0.6 is 23.2 Å². The molecule has 1 amide bonds. The molecule has 1 heterocycles. The average Bonchev–Trinajstić information content (AvgIpc) is 2.37. The van der Waals surface area contributed by atoms with Crippen molar-refractivity contribution in [3.05, 3.63) is 27.7 Å². The molecule has 1 aliphatic rings. The average molecular weight is 317 g/mol. The fourth-order valence-corrected chi connectivity index (χ4v) is 2.74. The van der Waals surface area contributed by atoms with Crippen LogP contribution < -0.4 is 5.32 Å². The van der Waals surface area contributed by atoms with E-state index in [-0.39, 0.29) is 12.5 Å². The van der Waals surface area contributed by atoms with Gasteiger partial charge in [0.05, 0.1) is 27.9 Å². The van der Waals surface area contributed by atoms with E-state index in [2.05, 4.69) is 5.32 Å². The number of nitrogens with zero attached hydrogens (tertiary/aromatic N) is 1. The van der Waals surface area contributed by atoms with Crippen LogP contribution in [-0.2, 0) is 4.79 Å². The molecule has 2 N–H and O–H groups in total. The lowest BCUT2D eigenvalue weighted by Crippen LogP contribution is -2.62. The molecule has 1 saturated heterocycles. The van der Waals surface area contributed by atoms with Crippen molar-refractivity contribution in [2.45, 2.75) is 25.9 Å². The van der Waals surface area contributed by atoms with Crippen LogP contribution in [0.3, 0.4) is 0 Å². The second kappa shape index (κ2) is 5.90. The first kappa shape index (κ1) is 15.6. The van der Waals surface area contributed by atoms with E-state index in [4.69, 9.17) is 23.2 Å². The molecule has 1 aromatic carbocycles. The third-order valence-electron chi connectivity index (χ3n) is 3.61. The molecule has 0 bridgehead atoms. The number of likely N-dealkylation sites (tertiary alicyclic amines) is 1. The first-order chi connectivity index (χ1) is 9.34. The highest BCUT2D eigenvalue weighted by molar-refractivity contribution is 6.40. The summed E-state index contributed by atoms with van der Waals surface area (Å²) in [5.74, 6) is -0.183. The maximum absolute atomic E-state index is 12.0. The van der Waals surface area contributed by atoms with Crippen molar-refractivity contribution in [2.75, 3.05) is 25.0 Å². The van der Waals surface area contributed by atoms with Crippen LogP contribution in [0.15, 0.2) is 12.1 Å². The Hall–Kier alpha value is -0.810. The molecule has 1 aromatic rings. The SMILES string of the molecule is CCC1(O)CN(CC(=O)Nc2c(Cl)ccc(C)c2Cl)C1. The normalized spacial score (nSPS) is 17.6. The fourth-order valence-electron chi connectivity index (χ4n) is 2.27. The van der Waals surface area contributed by atoms with Crippen LogP contribution in [0.5, 0.6) is 0 Å². The predicted molar refractivity (Wildman–Crippen MR) is 81.5 cm³/mol. The monoisotopic (exact) mass is 316 g/mol. The number of carbonyl (C=O) groups excluding carboxylic acids is 1. The molecule has 4 nitrogen and oxygen atoms in total. The van der Waals surface area contributed by atoms with E-state index in [0.29, 0.717) is 35.2 Å². The van der Waals surface area contributed by atoms with Gasteiger partial charge >= 0.3 is 0 Å². The predicted octanol–water partition coefficient (Wildman–Crippen LogP) is 2.70. The molecule has 0 atom stereocenters. The summed E-state index contributed by atoms with van der Waals surface area (Å²) in [4.78, 5) is 13.9. The Balaban J connectivity index is 1.95. The van der Waals surface area contributed by atoms with Crippen molar-refractivity contribution in [3.8, 4) is 0 Å². The number of amides is 1. The number of halogens is 2. The standard InChI is InChI=1S/C14H18Cl2N2O2/c1-3-14(20)7-18(8-14)6-11(19)17-13-10(15)5-4-9(2)12(13)16/h4-5,20H,3,6-8H2,1-2H3,(H,17,19). The van der Waals surface area contributed by atoms with Gasteiger partial charge in [-0.25, -0.2) is 0 Å². The zero-order valence-corrected chi connectivity index (χ0v) is 13.1. The van der Waals surface area contributed by atoms with Gasteiger partial charge in [0.2, 0.25) is 5.91 Å². The Labute approximate surface area is 128 Å². The molecule has 0 spiro atoms. The Morgan fingerprint density at radius 3 is 2.70 bits per heavy atom. The minimum absolute atomic E-state index is 0.183. The van der Waals surface area contributed by atoms with E-state index in [0.717, 1.165) is 5.56 Å². The summed E-state index contributed by atoms with van der Waals surface area (Å²) >= 11 is 12.2. The quantitative estimate of drug-likeness (QED) is 0.898. The lowest BCUT2D eigenvalue weighted by molar-refractivity contribution is -0.128. The van der Waals surface area contributed by atoms with E-state index >= 15 is 0 Å². The number of aliphatic hydroxyl groups is 1. The summed E-state index contributed by atoms with van der Waals surface area (Å²) < 4.78 is 0. The van der Waals surface area contributed by atoms with Crippen molar-refractivity contribution in [1.29, 1.82) is 0 Å². The summed E-state index contributed by atoms with van der Waals surface area (Å²) in [7, 11) is 0. The molecule has 0 unspecified atom stereocenters. The summed E-state index contributed by atoms with van der Waals surface area (Å²) in [6, 6.07) is 3.51. The van der Waals surface area contributed by atoms with Crippen molar-refractivity contribution < 1.29 is 9.90 Å². The Morgan fingerprint density at radius 2 is 2.10 bits per heavy atom. The van der Waals surface area contributed by atoms with Gasteiger partial charge in [-0.2, -0.15) is 0 Å². The molecule has 110 valence electrons. The van der Waals surface area contributed by atoms with Crippen LogP contribution in [0, 0.1) is 6.92 Å². The molecule has 1 fully saturated rings. The van der Waals surface area contributed by atoms with Crippen LogP contribution in [0.1, 0.15) is 18.9 Å². The number of aryl methyl sites for hydroxylation is 1. The van der Waals surface area contributed by atoms with Gasteiger partial charge in [-0.3, -0.25) is 9.69 Å². The van der Waals surface area contributed by atoms with Gasteiger partial charge in [-0.05, 0) is 25.0 Å². The molecule has 1 aliphatic heterocycles. The molecule has 6 heteroatoms. The number of β-amino-alcohol motifs (C(OH)–C–C–N with tert-alkyl or cyclic N) is 1. The number of carbonyl (C=O) groups is 1. The smallest absolute Gasteiger partial charge is 0.238 e. The van der Waals surface area contributed by atoms with Crippen LogP contribution in [0.25, 0.3) is 0 Å². The number of rotatable bonds is 4. The highest BCUT2D eigenvalue weighted by Gasteiger charge is 2.39. The maximum Gasteiger partial charge on any atom is 0.238 e. The molecular weight excluding hydrogens is 299 g/mol. The van der Waals surface area contributed by atoms with Gasteiger partial charge in [0, 0.05) is 13.1 Å². The lowest BCUT2D eigenvalue weighted by atomic mass is 9.91. The molecular formula is C14H18Cl2N2O2. The molecule has 0 aromatic heterocycles.